The van der Waals surface area contributed by atoms with Crippen LogP contribution < -0.4 is 9.47 Å². The number of amides is 2. The predicted octanol–water partition coefficient (Wildman–Crippen LogP) is 14.6. The molecule has 11 nitrogen and oxygen atoms in total. The van der Waals surface area contributed by atoms with E-state index in [1.807, 2.05) is 13.8 Å². The minimum absolute atomic E-state index is 0.0521. The number of ether oxygens (including phenoxy) is 4. The Hall–Kier alpha value is -7.00. The van der Waals surface area contributed by atoms with Gasteiger partial charge in [0, 0.05) is 51.5 Å². The zero-order valence-corrected chi connectivity index (χ0v) is 46.3. The number of hydrogen-bond acceptors (Lipinski definition) is 9. The monoisotopic (exact) mass is 1140 g/mol. The summed E-state index contributed by atoms with van der Waals surface area (Å²) in [4.78, 5) is 29.2. The molecule has 5 atom stereocenters. The molecular formula is C58H58F8N2O9S2. The van der Waals surface area contributed by atoms with Crippen LogP contribution in [0.5, 0.6) is 11.5 Å². The van der Waals surface area contributed by atoms with E-state index < -0.39 is 92.2 Å². The molecule has 0 spiro atoms. The van der Waals surface area contributed by atoms with E-state index in [4.69, 9.17) is 18.9 Å². The molecule has 2 heterocycles. The van der Waals surface area contributed by atoms with Gasteiger partial charge in [-0.1, -0.05) is 64.1 Å². The fourth-order valence-corrected chi connectivity index (χ4v) is 10.8. The summed E-state index contributed by atoms with van der Waals surface area (Å²) in [5.41, 5.74) is 1.93. The quantitative estimate of drug-likeness (QED) is 0.0979. The fraction of sp³-hybridized carbons (Fsp3) is 0.345. The lowest BCUT2D eigenvalue weighted by Crippen LogP contribution is -2.31. The highest BCUT2D eigenvalue weighted by Crippen LogP contribution is 2.44. The molecule has 2 saturated heterocycles. The van der Waals surface area contributed by atoms with Crippen molar-refractivity contribution in [1.82, 2.24) is 9.80 Å². The van der Waals surface area contributed by atoms with Crippen LogP contribution in [0.2, 0.25) is 0 Å². The summed E-state index contributed by atoms with van der Waals surface area (Å²) in [7, 11) is -2.07. The number of sulfone groups is 1. The molecule has 0 aliphatic carbocycles. The summed E-state index contributed by atoms with van der Waals surface area (Å²) in [6.45, 7) is 10.2. The van der Waals surface area contributed by atoms with Gasteiger partial charge in [0.1, 0.15) is 35.3 Å². The first-order valence-corrected chi connectivity index (χ1v) is 28.2. The van der Waals surface area contributed by atoms with Crippen LogP contribution in [0.4, 0.5) is 44.7 Å². The van der Waals surface area contributed by atoms with Crippen LogP contribution in [0.15, 0.2) is 119 Å². The fourth-order valence-electron chi connectivity index (χ4n) is 9.59. The molecule has 422 valence electrons. The number of methoxy groups -OCH3 is 2. The lowest BCUT2D eigenvalue weighted by Gasteiger charge is -2.24. The highest BCUT2D eigenvalue weighted by Gasteiger charge is 2.43. The molecule has 0 saturated carbocycles. The molecule has 0 N–H and O–H groups in total. The summed E-state index contributed by atoms with van der Waals surface area (Å²) in [5, 5.41) is 0. The predicted molar refractivity (Wildman–Crippen MR) is 282 cm³/mol. The molecule has 2 fully saturated rings. The number of carbonyl (C=O) groups excluding carboxylic acids is 2. The van der Waals surface area contributed by atoms with Gasteiger partial charge in [0.15, 0.2) is 9.84 Å². The average molecular weight is 1140 g/mol. The number of alkyl halides is 6. The van der Waals surface area contributed by atoms with E-state index in [1.165, 1.54) is 66.5 Å². The molecule has 0 aromatic heterocycles. The minimum atomic E-state index is -4.64. The van der Waals surface area contributed by atoms with Crippen molar-refractivity contribution in [3.63, 3.8) is 0 Å². The number of hydrogen-bond donors (Lipinski definition) is 0. The first kappa shape index (κ1) is 59.7. The first-order valence-electron chi connectivity index (χ1n) is 24.8. The maximum atomic E-state index is 14.7. The van der Waals surface area contributed by atoms with Crippen molar-refractivity contribution in [1.29, 1.82) is 0 Å². The summed E-state index contributed by atoms with van der Waals surface area (Å²) < 4.78 is 170. The van der Waals surface area contributed by atoms with Gasteiger partial charge in [-0.2, -0.15) is 26.3 Å². The Morgan fingerprint density at radius 2 is 1.00 bits per heavy atom. The van der Waals surface area contributed by atoms with Crippen molar-refractivity contribution in [3.8, 4) is 33.8 Å². The molecule has 2 aliphatic rings. The van der Waals surface area contributed by atoms with Crippen molar-refractivity contribution in [2.45, 2.75) is 113 Å². The third-order valence-corrected chi connectivity index (χ3v) is 16.0. The third kappa shape index (κ3) is 13.0. The van der Waals surface area contributed by atoms with E-state index in [0.29, 0.717) is 49.4 Å². The second-order valence-electron chi connectivity index (χ2n) is 19.9. The van der Waals surface area contributed by atoms with Crippen molar-refractivity contribution in [2.75, 3.05) is 26.7 Å². The Morgan fingerprint density at radius 3 is 1.37 bits per heavy atom. The van der Waals surface area contributed by atoms with Crippen LogP contribution in [0, 0.1) is 11.6 Å². The van der Waals surface area contributed by atoms with Gasteiger partial charge < -0.3 is 18.9 Å². The van der Waals surface area contributed by atoms with Gasteiger partial charge >= 0.3 is 24.5 Å². The van der Waals surface area contributed by atoms with E-state index in [0.717, 1.165) is 30.5 Å². The van der Waals surface area contributed by atoms with Crippen LogP contribution in [0.25, 0.3) is 22.3 Å². The van der Waals surface area contributed by atoms with Gasteiger partial charge in [-0.05, 0) is 131 Å². The van der Waals surface area contributed by atoms with Crippen LogP contribution >= 0.6 is 0 Å². The minimum Gasteiger partial charge on any atom is -0.496 e. The summed E-state index contributed by atoms with van der Waals surface area (Å²) in [5.74, 6) is -1.07. The summed E-state index contributed by atoms with van der Waals surface area (Å²) in [6.07, 6.45) is -9.66. The second-order valence-corrected chi connectivity index (χ2v) is 23.3. The molecule has 6 aromatic carbocycles. The number of carbonyl (C=O) groups is 2. The Labute approximate surface area is 455 Å². The maximum absolute atomic E-state index is 14.7. The topological polar surface area (TPSA) is 129 Å². The summed E-state index contributed by atoms with van der Waals surface area (Å²) >= 11 is 0. The molecule has 0 bridgehead atoms. The highest BCUT2D eigenvalue weighted by atomic mass is 32.2. The van der Waals surface area contributed by atoms with Crippen molar-refractivity contribution >= 4 is 32.8 Å². The van der Waals surface area contributed by atoms with E-state index in [-0.39, 0.29) is 52.4 Å². The summed E-state index contributed by atoms with van der Waals surface area (Å²) in [6, 6.07) is 23.7. The average Bonchev–Trinajstić information content (AvgIpc) is 4.04. The third-order valence-electron chi connectivity index (χ3n) is 13.9. The smallest absolute Gasteiger partial charge is 0.416 e. The second kappa shape index (κ2) is 23.4. The molecule has 2 amide bonds. The Bertz CT molecular complexity index is 3420. The van der Waals surface area contributed by atoms with Gasteiger partial charge in [0.2, 0.25) is 0 Å². The molecule has 21 heteroatoms. The van der Waals surface area contributed by atoms with Crippen LogP contribution in [-0.4, -0.2) is 73.4 Å². The lowest BCUT2D eigenvalue weighted by atomic mass is 9.92. The number of halogens is 8. The van der Waals surface area contributed by atoms with E-state index in [2.05, 4.69) is 0 Å². The van der Waals surface area contributed by atoms with Crippen molar-refractivity contribution in [2.24, 2.45) is 0 Å². The van der Waals surface area contributed by atoms with E-state index >= 15 is 0 Å². The molecule has 8 rings (SSSR count). The normalized spacial score (nSPS) is 18.1. The lowest BCUT2D eigenvalue weighted by molar-refractivity contribution is -0.138. The van der Waals surface area contributed by atoms with Crippen LogP contribution in [0.1, 0.15) is 110 Å². The van der Waals surface area contributed by atoms with E-state index in [9.17, 15) is 57.3 Å². The Balaban J connectivity index is 0.000000229. The molecular weight excluding hydrogens is 1080 g/mol. The molecule has 0 radical (unpaired) electrons. The number of rotatable bonds is 14. The number of benzene rings is 6. The van der Waals surface area contributed by atoms with Gasteiger partial charge in [0.25, 0.3) is 0 Å². The first-order chi connectivity index (χ1) is 36.9. The molecule has 79 heavy (non-hydrogen) atoms. The van der Waals surface area contributed by atoms with Crippen molar-refractivity contribution in [3.05, 3.63) is 165 Å². The van der Waals surface area contributed by atoms with Gasteiger partial charge in [-0.15, -0.1) is 0 Å². The SMILES string of the molecule is COc1cc(F)c(C(C)C)cc1-c1ccc(C(F)(F)F)cc1CN1C(=O)O[C@H](c2cccc(S(C)(=O)=O)c2)[C@@H]1C.COc1cc(F)c(C(C)C)cc1-c1ccc(C(F)(F)F)cc1CN1C(=O)O[C@H](c2cccc(S(C)=O)c2)[C@@H]1C. The molecule has 2 aliphatic heterocycles. The zero-order valence-electron chi connectivity index (χ0n) is 44.7. The van der Waals surface area contributed by atoms with Crippen LogP contribution in [-0.2, 0) is 55.6 Å². The largest absolute Gasteiger partial charge is 0.496 e. The van der Waals surface area contributed by atoms with Gasteiger partial charge in [0.05, 0.1) is 55.4 Å². The Morgan fingerprint density at radius 1 is 0.595 bits per heavy atom. The standard InChI is InChI=1S/C29H29F4NO5S.C29H29F4NO4S/c1-16(2)23-13-24(26(38-4)14-25(23)30)22-10-9-20(29(31,32)33)11-19(22)15-34-17(3)27(39-28(34)35)18-7-6-8-21(12-18)40(5,36)37;1-16(2)23-13-24(26(37-4)14-25(23)30)22-10-9-20(29(31,32)33)11-19(22)15-34-17(3)27(38-28(34)35)18-7-6-8-21(12-18)39(5)36/h6-14,16-17,27H,15H2,1-5H3;6-14,16-17,27H,15H2,1-5H3/t17-,27-;17-,27-,39?/m00/s1. The van der Waals surface area contributed by atoms with Crippen molar-refractivity contribution < 1.29 is 76.3 Å². The van der Waals surface area contributed by atoms with Gasteiger partial charge in [-0.25, -0.2) is 26.8 Å². The van der Waals surface area contributed by atoms with Crippen LogP contribution in [0.3, 0.4) is 0 Å². The zero-order chi connectivity index (χ0) is 58.2. The molecule has 6 aromatic rings. The Kier molecular flexibility index (Phi) is 17.7. The highest BCUT2D eigenvalue weighted by molar-refractivity contribution is 7.90. The number of cyclic esters (lactones) is 2. The molecule has 1 unspecified atom stereocenters. The maximum Gasteiger partial charge on any atom is 0.416 e. The van der Waals surface area contributed by atoms with Gasteiger partial charge in [-0.3, -0.25) is 14.0 Å². The van der Waals surface area contributed by atoms with E-state index in [1.54, 1.807) is 76.4 Å². The number of nitrogens with zero attached hydrogens (tertiary/aromatic N) is 2.